The predicted octanol–water partition coefficient (Wildman–Crippen LogP) is 3.87. The molecule has 2 aliphatic carbocycles. The highest BCUT2D eigenvalue weighted by molar-refractivity contribution is 5.80. The maximum atomic E-state index is 13.9. The zero-order chi connectivity index (χ0) is 19.1. The van der Waals surface area contributed by atoms with Crippen LogP contribution in [-0.4, -0.2) is 34.0 Å². The second-order valence-electron chi connectivity index (χ2n) is 8.37. The largest absolute Gasteiger partial charge is 0.342 e. The zero-order valence-corrected chi connectivity index (χ0v) is 15.8. The van der Waals surface area contributed by atoms with Gasteiger partial charge in [0.2, 0.25) is 17.6 Å². The van der Waals surface area contributed by atoms with Crippen molar-refractivity contribution in [1.29, 1.82) is 0 Å². The molecule has 1 aliphatic heterocycles. The molecule has 2 aromatic rings. The summed E-state index contributed by atoms with van der Waals surface area (Å²) in [5.74, 6) is 2.28. The van der Waals surface area contributed by atoms with E-state index in [1.807, 2.05) is 4.90 Å². The normalized spacial score (nSPS) is 28.8. The molecule has 146 valence electrons. The fraction of sp³-hybridized carbons (Fsp3) is 0.500. The number of fused-ring (bicyclic) bond motifs is 2. The molecule has 3 aliphatic rings. The Morgan fingerprint density at radius 1 is 1.25 bits per heavy atom. The van der Waals surface area contributed by atoms with Crippen molar-refractivity contribution in [3.05, 3.63) is 48.1 Å². The van der Waals surface area contributed by atoms with Gasteiger partial charge in [0.25, 0.3) is 0 Å². The number of hydrogen-bond donors (Lipinski definition) is 0. The maximum absolute atomic E-state index is 13.9. The van der Waals surface area contributed by atoms with Crippen molar-refractivity contribution in [2.75, 3.05) is 13.1 Å². The number of allylic oxidation sites excluding steroid dienone is 2. The molecule has 5 rings (SSSR count). The Labute approximate surface area is 163 Å². The van der Waals surface area contributed by atoms with Gasteiger partial charge in [-0.1, -0.05) is 29.4 Å². The predicted molar refractivity (Wildman–Crippen MR) is 102 cm³/mol. The minimum atomic E-state index is -0.357. The van der Waals surface area contributed by atoms with Crippen LogP contribution in [0.5, 0.6) is 0 Å². The molecule has 5 nitrogen and oxygen atoms in total. The highest BCUT2D eigenvalue weighted by atomic mass is 19.1. The van der Waals surface area contributed by atoms with Crippen molar-refractivity contribution in [2.45, 2.75) is 32.1 Å². The van der Waals surface area contributed by atoms with Crippen LogP contribution in [0.1, 0.15) is 31.6 Å². The fourth-order valence-corrected chi connectivity index (χ4v) is 5.07. The lowest BCUT2D eigenvalue weighted by atomic mass is 9.89. The average molecular weight is 381 g/mol. The first-order valence-corrected chi connectivity index (χ1v) is 10.2. The lowest BCUT2D eigenvalue weighted by Crippen LogP contribution is -2.44. The van der Waals surface area contributed by atoms with Gasteiger partial charge in [0.15, 0.2) is 0 Å². The Balaban J connectivity index is 1.23. The molecule has 0 spiro atoms. The Bertz CT molecular complexity index is 909. The van der Waals surface area contributed by atoms with Crippen LogP contribution in [0, 0.1) is 29.5 Å². The average Bonchev–Trinajstić information content (AvgIpc) is 3.45. The van der Waals surface area contributed by atoms with Gasteiger partial charge in [0.05, 0.1) is 5.56 Å². The Hall–Kier alpha value is -2.50. The topological polar surface area (TPSA) is 59.2 Å². The third kappa shape index (κ3) is 3.25. The van der Waals surface area contributed by atoms with Gasteiger partial charge in [-0.25, -0.2) is 4.39 Å². The van der Waals surface area contributed by atoms with E-state index in [9.17, 15) is 9.18 Å². The molecule has 0 unspecified atom stereocenters. The van der Waals surface area contributed by atoms with Gasteiger partial charge < -0.3 is 9.42 Å². The molecular formula is C22H24FN3O2. The molecule has 2 bridgehead atoms. The van der Waals surface area contributed by atoms with E-state index in [1.165, 1.54) is 6.07 Å². The van der Waals surface area contributed by atoms with Gasteiger partial charge in [-0.2, -0.15) is 4.98 Å². The summed E-state index contributed by atoms with van der Waals surface area (Å²) in [6.07, 6.45) is 9.34. The summed E-state index contributed by atoms with van der Waals surface area (Å²) in [7, 11) is 0. The number of hydrogen-bond acceptors (Lipinski definition) is 4. The van der Waals surface area contributed by atoms with Crippen LogP contribution in [0.15, 0.2) is 40.9 Å². The summed E-state index contributed by atoms with van der Waals surface area (Å²) in [6.45, 7) is 1.59. The lowest BCUT2D eigenvalue weighted by molar-refractivity contribution is -0.138. The quantitative estimate of drug-likeness (QED) is 0.755. The summed E-state index contributed by atoms with van der Waals surface area (Å²) >= 11 is 0. The highest BCUT2D eigenvalue weighted by Crippen LogP contribution is 2.44. The molecule has 1 aromatic carbocycles. The Kier molecular flexibility index (Phi) is 4.49. The van der Waals surface area contributed by atoms with Crippen molar-refractivity contribution in [2.24, 2.45) is 23.7 Å². The van der Waals surface area contributed by atoms with Gasteiger partial charge in [0.1, 0.15) is 5.82 Å². The first-order chi connectivity index (χ1) is 13.7. The molecule has 1 saturated carbocycles. The number of rotatable bonds is 4. The van der Waals surface area contributed by atoms with E-state index in [0.29, 0.717) is 41.5 Å². The Morgan fingerprint density at radius 3 is 2.93 bits per heavy atom. The van der Waals surface area contributed by atoms with Crippen molar-refractivity contribution >= 4 is 5.91 Å². The van der Waals surface area contributed by atoms with E-state index >= 15 is 0 Å². The third-order valence-corrected chi connectivity index (χ3v) is 6.47. The monoisotopic (exact) mass is 381 g/mol. The lowest BCUT2D eigenvalue weighted by Gasteiger charge is -2.35. The standard InChI is InChI=1S/C22H24FN3O2/c23-19-6-2-1-5-17(19)21-24-20(28-25-21)12-15-4-3-9-26(13-15)22(27)18-11-14-7-8-16(18)10-14/h1-2,5-8,14-16,18H,3-4,9-13H2/t14-,15-,16-,18+/m0/s1. The molecule has 1 saturated heterocycles. The van der Waals surface area contributed by atoms with Gasteiger partial charge in [-0.05, 0) is 55.6 Å². The fourth-order valence-electron chi connectivity index (χ4n) is 5.07. The number of nitrogens with zero attached hydrogens (tertiary/aromatic N) is 3. The van der Waals surface area contributed by atoms with Gasteiger partial charge in [-0.15, -0.1) is 0 Å². The van der Waals surface area contributed by atoms with E-state index in [0.717, 1.165) is 38.8 Å². The molecule has 0 N–H and O–H groups in total. The van der Waals surface area contributed by atoms with Crippen LogP contribution in [0.25, 0.3) is 11.4 Å². The van der Waals surface area contributed by atoms with Gasteiger partial charge in [0, 0.05) is 25.4 Å². The van der Waals surface area contributed by atoms with E-state index in [2.05, 4.69) is 22.3 Å². The molecule has 1 aromatic heterocycles. The smallest absolute Gasteiger partial charge is 0.227 e. The summed E-state index contributed by atoms with van der Waals surface area (Å²) < 4.78 is 19.3. The highest BCUT2D eigenvalue weighted by Gasteiger charge is 2.42. The summed E-state index contributed by atoms with van der Waals surface area (Å²) in [6, 6.07) is 6.43. The molecule has 28 heavy (non-hydrogen) atoms. The maximum Gasteiger partial charge on any atom is 0.227 e. The number of halogens is 1. The summed E-state index contributed by atoms with van der Waals surface area (Å²) in [5, 5.41) is 3.94. The minimum absolute atomic E-state index is 0.171. The van der Waals surface area contributed by atoms with Crippen molar-refractivity contribution in [3.8, 4) is 11.4 Å². The number of aromatic nitrogens is 2. The first-order valence-electron chi connectivity index (χ1n) is 10.2. The molecule has 1 amide bonds. The van der Waals surface area contributed by atoms with Crippen molar-refractivity contribution in [3.63, 3.8) is 0 Å². The molecule has 6 heteroatoms. The second kappa shape index (κ2) is 7.15. The number of amides is 1. The summed E-state index contributed by atoms with van der Waals surface area (Å²) in [4.78, 5) is 19.4. The second-order valence-corrected chi connectivity index (χ2v) is 8.37. The third-order valence-electron chi connectivity index (χ3n) is 6.47. The van der Waals surface area contributed by atoms with Crippen LogP contribution < -0.4 is 0 Å². The van der Waals surface area contributed by atoms with Gasteiger partial charge >= 0.3 is 0 Å². The Morgan fingerprint density at radius 2 is 2.14 bits per heavy atom. The number of carbonyl (C=O) groups is 1. The van der Waals surface area contributed by atoms with Gasteiger partial charge in [-0.3, -0.25) is 4.79 Å². The zero-order valence-electron chi connectivity index (χ0n) is 15.8. The molecule has 2 heterocycles. The van der Waals surface area contributed by atoms with Crippen LogP contribution in [-0.2, 0) is 11.2 Å². The van der Waals surface area contributed by atoms with Crippen molar-refractivity contribution in [1.82, 2.24) is 15.0 Å². The van der Waals surface area contributed by atoms with Crippen LogP contribution in [0.4, 0.5) is 4.39 Å². The van der Waals surface area contributed by atoms with Crippen molar-refractivity contribution < 1.29 is 13.7 Å². The number of likely N-dealkylation sites (tertiary alicyclic amines) is 1. The van der Waals surface area contributed by atoms with Crippen LogP contribution in [0.3, 0.4) is 0 Å². The molecular weight excluding hydrogens is 357 g/mol. The SMILES string of the molecule is O=C([C@@H]1C[C@H]2C=C[C@H]1C2)N1CCC[C@@H](Cc2nc(-c3ccccc3F)no2)C1. The van der Waals surface area contributed by atoms with Crippen LogP contribution in [0.2, 0.25) is 0 Å². The van der Waals surface area contributed by atoms with E-state index in [-0.39, 0.29) is 17.6 Å². The van der Waals surface area contributed by atoms with E-state index in [1.54, 1.807) is 18.2 Å². The molecule has 4 atom stereocenters. The van der Waals surface area contributed by atoms with E-state index < -0.39 is 0 Å². The molecule has 0 radical (unpaired) electrons. The number of carbonyl (C=O) groups excluding carboxylic acids is 1. The van der Waals surface area contributed by atoms with E-state index in [4.69, 9.17) is 4.52 Å². The number of benzene rings is 1. The summed E-state index contributed by atoms with van der Waals surface area (Å²) in [5.41, 5.74) is 0.349. The number of piperidine rings is 1. The molecule has 2 fully saturated rings. The van der Waals surface area contributed by atoms with Crippen LogP contribution >= 0.6 is 0 Å². The minimum Gasteiger partial charge on any atom is -0.342 e. The first kappa shape index (κ1) is 17.6.